The fourth-order valence-corrected chi connectivity index (χ4v) is 8.08. The fraction of sp³-hybridized carbons (Fsp3) is 0.667. The molecule has 2 saturated carbocycles. The van der Waals surface area contributed by atoms with Crippen molar-refractivity contribution < 1.29 is 89.3 Å². The summed E-state index contributed by atoms with van der Waals surface area (Å²) in [4.78, 5) is 24.6. The van der Waals surface area contributed by atoms with E-state index in [1.54, 1.807) is 0 Å². The van der Waals surface area contributed by atoms with Crippen LogP contribution in [0.1, 0.15) is 135 Å². The molecule has 2 fully saturated rings. The van der Waals surface area contributed by atoms with Gasteiger partial charge in [-0.3, -0.25) is 0 Å². The van der Waals surface area contributed by atoms with Gasteiger partial charge in [0, 0.05) is 0 Å². The minimum atomic E-state index is -8.67. The molecule has 0 amide bonds. The van der Waals surface area contributed by atoms with Crippen LogP contribution in [0.5, 0.6) is 0 Å². The first-order valence-corrected chi connectivity index (χ1v) is 20.1. The van der Waals surface area contributed by atoms with Crippen molar-refractivity contribution >= 4 is 11.9 Å². The molecule has 62 heavy (non-hydrogen) atoms. The second-order valence-corrected chi connectivity index (χ2v) is 16.3. The van der Waals surface area contributed by atoms with E-state index in [0.717, 1.165) is 101 Å². The lowest BCUT2D eigenvalue weighted by molar-refractivity contribution is -0.454. The maximum absolute atomic E-state index is 14.5. The first-order valence-electron chi connectivity index (χ1n) is 20.1. The topological polar surface area (TPSA) is 52.6 Å². The zero-order chi connectivity index (χ0) is 46.7. The van der Waals surface area contributed by atoms with Crippen LogP contribution in [0.3, 0.4) is 0 Å². The highest BCUT2D eigenvalue weighted by Gasteiger charge is 2.95. The molecular formula is C42H46F16O4. The van der Waals surface area contributed by atoms with Gasteiger partial charge in [0.2, 0.25) is 0 Å². The molecular weight excluding hydrogens is 872 g/mol. The highest BCUT2D eigenvalue weighted by atomic mass is 19.4. The van der Waals surface area contributed by atoms with Crippen molar-refractivity contribution in [2.45, 2.75) is 150 Å². The third kappa shape index (κ3) is 9.67. The molecule has 0 heterocycles. The number of esters is 2. The Hall–Kier alpha value is -3.74. The first kappa shape index (κ1) is 50.9. The number of hydrogen-bond donors (Lipinski definition) is 0. The average molecular weight is 919 g/mol. The van der Waals surface area contributed by atoms with E-state index in [2.05, 4.69) is 9.47 Å². The summed E-state index contributed by atoms with van der Waals surface area (Å²) in [5.41, 5.74) is 0.0376. The van der Waals surface area contributed by atoms with Crippen LogP contribution in [-0.2, 0) is 9.47 Å². The summed E-state index contributed by atoms with van der Waals surface area (Å²) in [6, 6.07) is 9.21. The number of benzene rings is 2. The Balaban J connectivity index is 1.42. The molecule has 2 aliphatic rings. The molecule has 0 saturated heterocycles. The summed E-state index contributed by atoms with van der Waals surface area (Å²) >= 11 is 0. The SMILES string of the molecule is CCCC1CCC(c2ccc(C(=O)OCC(F)(F)C(F)(F)C(F)(F)C(F)(F)C(F)(F)C(F)(F)C(F)(F)C(F)(F)COC(=O)c3ccc(C4CCC(CCC)CC4)cc3)cc2)CC1. The predicted molar refractivity (Wildman–Crippen MR) is 192 cm³/mol. The number of rotatable bonds is 19. The van der Waals surface area contributed by atoms with Gasteiger partial charge < -0.3 is 9.47 Å². The first-order chi connectivity index (χ1) is 28.5. The number of halogens is 16. The van der Waals surface area contributed by atoms with E-state index < -0.39 is 83.7 Å². The zero-order valence-electron chi connectivity index (χ0n) is 33.5. The number of ether oxygens (including phenoxy) is 2. The van der Waals surface area contributed by atoms with Crippen molar-refractivity contribution in [1.29, 1.82) is 0 Å². The van der Waals surface area contributed by atoms with E-state index in [0.29, 0.717) is 23.0 Å². The van der Waals surface area contributed by atoms with Gasteiger partial charge in [0.05, 0.1) is 11.1 Å². The molecule has 0 spiro atoms. The number of carbonyl (C=O) groups is 2. The quantitative estimate of drug-likeness (QED) is 0.104. The summed E-state index contributed by atoms with van der Waals surface area (Å²) in [5.74, 6) is -66.5. The number of alkyl halides is 16. The molecule has 4 nitrogen and oxygen atoms in total. The molecule has 2 aromatic rings. The van der Waals surface area contributed by atoms with Crippen LogP contribution in [0.15, 0.2) is 48.5 Å². The van der Waals surface area contributed by atoms with Crippen LogP contribution in [-0.4, -0.2) is 72.5 Å². The number of hydrogen-bond acceptors (Lipinski definition) is 4. The van der Waals surface area contributed by atoms with Crippen LogP contribution in [0.4, 0.5) is 70.2 Å². The molecule has 0 atom stereocenters. The van der Waals surface area contributed by atoms with E-state index in [-0.39, 0.29) is 11.8 Å². The second kappa shape index (κ2) is 18.8. The van der Waals surface area contributed by atoms with E-state index in [1.807, 2.05) is 13.8 Å². The minimum absolute atomic E-state index is 0.0206. The standard InChI is InChI=1S/C42H46F16O4/c1-3-5-25-7-11-27(12-8-25)29-15-19-31(20-16-29)33(59)61-23-35(43,44)37(47,48)39(51,52)41(55,56)42(57,58)40(53,54)38(49,50)36(45,46)24-62-34(60)32-21-17-30(18-22-32)28-13-9-26(6-4-2)10-14-28/h15-22,25-28H,3-14,23-24H2,1-2H3. The van der Waals surface area contributed by atoms with Gasteiger partial charge in [0.1, 0.15) is 0 Å². The molecule has 0 N–H and O–H groups in total. The second-order valence-electron chi connectivity index (χ2n) is 16.3. The van der Waals surface area contributed by atoms with Gasteiger partial charge in [0.15, 0.2) is 13.2 Å². The normalized spacial score (nSPS) is 21.4. The largest absolute Gasteiger partial charge is 0.455 e. The summed E-state index contributed by atoms with van der Waals surface area (Å²) in [7, 11) is 0. The van der Waals surface area contributed by atoms with Gasteiger partial charge in [0.25, 0.3) is 0 Å². The molecule has 4 rings (SSSR count). The maximum atomic E-state index is 14.5. The third-order valence-electron chi connectivity index (χ3n) is 12.0. The van der Waals surface area contributed by atoms with Gasteiger partial charge >= 0.3 is 59.3 Å². The van der Waals surface area contributed by atoms with Gasteiger partial charge in [-0.05, 0) is 110 Å². The predicted octanol–water partition coefficient (Wildman–Crippen LogP) is 13.9. The highest BCUT2D eigenvalue weighted by molar-refractivity contribution is 5.90. The van der Waals surface area contributed by atoms with E-state index >= 15 is 0 Å². The molecule has 2 aliphatic carbocycles. The van der Waals surface area contributed by atoms with Crippen molar-refractivity contribution in [2.75, 3.05) is 13.2 Å². The van der Waals surface area contributed by atoms with Crippen molar-refractivity contribution in [3.63, 3.8) is 0 Å². The van der Waals surface area contributed by atoms with Gasteiger partial charge in [-0.15, -0.1) is 0 Å². The van der Waals surface area contributed by atoms with Crippen molar-refractivity contribution in [3.8, 4) is 0 Å². The Kier molecular flexibility index (Phi) is 15.4. The van der Waals surface area contributed by atoms with E-state index in [9.17, 15) is 79.8 Å². The molecule has 0 bridgehead atoms. The molecule has 350 valence electrons. The minimum Gasteiger partial charge on any atom is -0.455 e. The van der Waals surface area contributed by atoms with Crippen molar-refractivity contribution in [2.24, 2.45) is 11.8 Å². The third-order valence-corrected chi connectivity index (χ3v) is 12.0. The van der Waals surface area contributed by atoms with E-state index in [1.165, 1.54) is 24.3 Å². The molecule has 0 aromatic heterocycles. The molecule has 0 radical (unpaired) electrons. The summed E-state index contributed by atoms with van der Waals surface area (Å²) < 4.78 is 240. The van der Waals surface area contributed by atoms with Gasteiger partial charge in [-0.2, -0.15) is 70.2 Å². The van der Waals surface area contributed by atoms with Crippen molar-refractivity contribution in [1.82, 2.24) is 0 Å². The highest BCUT2D eigenvalue weighted by Crippen LogP contribution is 2.64. The van der Waals surface area contributed by atoms with Crippen LogP contribution >= 0.6 is 0 Å². The lowest BCUT2D eigenvalue weighted by atomic mass is 9.77. The average Bonchev–Trinajstić information content (AvgIpc) is 3.22. The smallest absolute Gasteiger partial charge is 0.385 e. The Morgan fingerprint density at radius 2 is 0.694 bits per heavy atom. The summed E-state index contributed by atoms with van der Waals surface area (Å²) in [5, 5.41) is 0. The van der Waals surface area contributed by atoms with Crippen molar-refractivity contribution in [3.05, 3.63) is 70.8 Å². The molecule has 20 heteroatoms. The Morgan fingerprint density at radius 1 is 0.435 bits per heavy atom. The van der Waals surface area contributed by atoms with Crippen LogP contribution in [0.25, 0.3) is 0 Å². The monoisotopic (exact) mass is 918 g/mol. The van der Waals surface area contributed by atoms with Gasteiger partial charge in [-0.1, -0.05) is 63.8 Å². The van der Waals surface area contributed by atoms with Crippen LogP contribution in [0, 0.1) is 11.8 Å². The Bertz CT molecular complexity index is 1670. The molecule has 0 aliphatic heterocycles. The number of carbonyl (C=O) groups excluding carboxylic acids is 2. The van der Waals surface area contributed by atoms with Gasteiger partial charge in [-0.25, -0.2) is 9.59 Å². The summed E-state index contributed by atoms with van der Waals surface area (Å²) in [6.07, 6.45) is 10.6. The fourth-order valence-electron chi connectivity index (χ4n) is 8.08. The molecule has 0 unspecified atom stereocenters. The zero-order valence-corrected chi connectivity index (χ0v) is 33.5. The Morgan fingerprint density at radius 3 is 0.952 bits per heavy atom. The Labute approximate surface area is 347 Å². The van der Waals surface area contributed by atoms with Crippen LogP contribution < -0.4 is 0 Å². The lowest BCUT2D eigenvalue weighted by Crippen LogP contribution is -2.75. The molecule has 2 aromatic carbocycles. The van der Waals surface area contributed by atoms with E-state index in [4.69, 9.17) is 0 Å². The van der Waals surface area contributed by atoms with Crippen LogP contribution in [0.2, 0.25) is 0 Å². The lowest BCUT2D eigenvalue weighted by Gasteiger charge is -2.43. The maximum Gasteiger partial charge on any atom is 0.385 e. The summed E-state index contributed by atoms with van der Waals surface area (Å²) in [6.45, 7) is -2.47.